The van der Waals surface area contributed by atoms with Gasteiger partial charge in [-0.1, -0.05) is 26.8 Å². The number of aromatic nitrogens is 2. The van der Waals surface area contributed by atoms with Crippen molar-refractivity contribution in [3.63, 3.8) is 0 Å². The molecule has 0 unspecified atom stereocenters. The fourth-order valence-electron chi connectivity index (χ4n) is 1.43. The highest BCUT2D eigenvalue weighted by atomic mass is 16.2. The van der Waals surface area contributed by atoms with E-state index in [1.165, 1.54) is 0 Å². The number of aryl methyl sites for hydroxylation is 1. The van der Waals surface area contributed by atoms with Crippen molar-refractivity contribution in [1.82, 2.24) is 9.97 Å². The van der Waals surface area contributed by atoms with Crippen LogP contribution in [0.15, 0.2) is 27.8 Å². The highest BCUT2D eigenvalue weighted by Gasteiger charge is 2.00. The predicted molar refractivity (Wildman–Crippen MR) is 65.9 cm³/mol. The number of nitrogens with one attached hydrogen (secondary N) is 2. The van der Waals surface area contributed by atoms with Crippen molar-refractivity contribution < 1.29 is 0 Å². The number of H-pyrrole nitrogens is 2. The zero-order chi connectivity index (χ0) is 12.1. The summed E-state index contributed by atoms with van der Waals surface area (Å²) in [6.45, 7) is 6.01. The molecule has 2 N–H and O–H groups in total. The lowest BCUT2D eigenvalue weighted by atomic mass is 10.1. The predicted octanol–water partition coefficient (Wildman–Crippen LogP) is 1.80. The summed E-state index contributed by atoms with van der Waals surface area (Å²) in [5.41, 5.74) is 0.858. The summed E-state index contributed by atoms with van der Waals surface area (Å²) in [4.78, 5) is 27.1. The molecular weight excluding hydrogens is 204 g/mol. The molecule has 1 aromatic carbocycles. The van der Waals surface area contributed by atoms with Crippen molar-refractivity contribution >= 4 is 10.9 Å². The molecule has 0 saturated heterocycles. The Morgan fingerprint density at radius 3 is 2.44 bits per heavy atom. The second kappa shape index (κ2) is 5.30. The van der Waals surface area contributed by atoms with Gasteiger partial charge >= 0.3 is 5.69 Å². The summed E-state index contributed by atoms with van der Waals surface area (Å²) in [7, 11) is 0. The van der Waals surface area contributed by atoms with Gasteiger partial charge < -0.3 is 4.98 Å². The molecule has 4 nitrogen and oxygen atoms in total. The summed E-state index contributed by atoms with van der Waals surface area (Å²) in [5.74, 6) is 0. The van der Waals surface area contributed by atoms with Crippen molar-refractivity contribution in [1.29, 1.82) is 0 Å². The van der Waals surface area contributed by atoms with Crippen molar-refractivity contribution in [2.75, 3.05) is 0 Å². The summed E-state index contributed by atoms with van der Waals surface area (Å²) in [5, 5.41) is 0.531. The minimum atomic E-state index is -0.466. The lowest BCUT2D eigenvalue weighted by Crippen LogP contribution is -2.21. The van der Waals surface area contributed by atoms with E-state index in [9.17, 15) is 9.59 Å². The minimum absolute atomic E-state index is 0.334. The average Bonchev–Trinajstić information content (AvgIpc) is 2.31. The van der Waals surface area contributed by atoms with Crippen LogP contribution in [0.5, 0.6) is 0 Å². The van der Waals surface area contributed by atoms with Crippen LogP contribution in [0, 0.1) is 0 Å². The molecule has 0 aliphatic heterocycles. The molecular formula is C12H16N2O2. The number of aromatic amines is 2. The minimum Gasteiger partial charge on any atom is -0.307 e. The Morgan fingerprint density at radius 1 is 1.12 bits per heavy atom. The fourth-order valence-corrected chi connectivity index (χ4v) is 1.43. The van der Waals surface area contributed by atoms with Crippen LogP contribution in [-0.4, -0.2) is 9.97 Å². The Balaban J connectivity index is 0.000000606. The molecule has 1 aromatic heterocycles. The van der Waals surface area contributed by atoms with E-state index in [2.05, 4.69) is 9.97 Å². The molecule has 0 spiro atoms. The molecule has 1 heterocycles. The zero-order valence-electron chi connectivity index (χ0n) is 9.76. The van der Waals surface area contributed by atoms with Gasteiger partial charge in [-0.25, -0.2) is 4.79 Å². The third-order valence-electron chi connectivity index (χ3n) is 2.21. The number of hydrogen-bond acceptors (Lipinski definition) is 2. The second-order valence-electron chi connectivity index (χ2n) is 3.14. The van der Waals surface area contributed by atoms with E-state index in [4.69, 9.17) is 0 Å². The van der Waals surface area contributed by atoms with Crippen molar-refractivity contribution in [2.24, 2.45) is 0 Å². The van der Waals surface area contributed by atoms with Gasteiger partial charge in [0.2, 0.25) is 0 Å². The van der Waals surface area contributed by atoms with E-state index >= 15 is 0 Å². The van der Waals surface area contributed by atoms with E-state index in [1.54, 1.807) is 12.1 Å². The van der Waals surface area contributed by atoms with Crippen LogP contribution >= 0.6 is 0 Å². The van der Waals surface area contributed by atoms with E-state index in [-0.39, 0.29) is 5.56 Å². The monoisotopic (exact) mass is 220 g/mol. The molecule has 0 bridgehead atoms. The number of benzene rings is 1. The van der Waals surface area contributed by atoms with E-state index in [0.29, 0.717) is 10.9 Å². The Morgan fingerprint density at radius 2 is 1.81 bits per heavy atom. The first kappa shape index (κ1) is 12.2. The molecule has 2 aromatic rings. The van der Waals surface area contributed by atoms with Crippen LogP contribution in [0.4, 0.5) is 0 Å². The Bertz CT molecular complexity index is 581. The molecule has 2 rings (SSSR count). The van der Waals surface area contributed by atoms with Crippen LogP contribution in [-0.2, 0) is 6.42 Å². The summed E-state index contributed by atoms with van der Waals surface area (Å²) < 4.78 is 0. The molecule has 0 saturated carbocycles. The first-order chi connectivity index (χ1) is 7.70. The van der Waals surface area contributed by atoms with Gasteiger partial charge in [-0.2, -0.15) is 0 Å². The third-order valence-corrected chi connectivity index (χ3v) is 2.21. The highest BCUT2D eigenvalue weighted by molar-refractivity contribution is 5.77. The van der Waals surface area contributed by atoms with Crippen LogP contribution in [0.25, 0.3) is 10.9 Å². The Labute approximate surface area is 93.3 Å². The second-order valence-corrected chi connectivity index (χ2v) is 3.14. The summed E-state index contributed by atoms with van der Waals surface area (Å²) in [6.07, 6.45) is 0.870. The molecule has 16 heavy (non-hydrogen) atoms. The number of hydrogen-bond donors (Lipinski definition) is 2. The standard InChI is InChI=1S/C10H10N2O2.C2H6/c1-2-6-3-4-8-7(5-6)9(13)12-10(14)11-8;1-2/h3-5H,2H2,1H3,(H2,11,12,13,14);1-2H3. The maximum absolute atomic E-state index is 11.4. The van der Waals surface area contributed by atoms with Crippen LogP contribution < -0.4 is 11.2 Å². The van der Waals surface area contributed by atoms with Crippen LogP contribution in [0.2, 0.25) is 0 Å². The van der Waals surface area contributed by atoms with E-state index in [0.717, 1.165) is 12.0 Å². The molecule has 0 aliphatic carbocycles. The van der Waals surface area contributed by atoms with Crippen LogP contribution in [0.1, 0.15) is 26.3 Å². The maximum atomic E-state index is 11.4. The van der Waals surface area contributed by atoms with Gasteiger partial charge in [0, 0.05) is 0 Å². The van der Waals surface area contributed by atoms with E-state index in [1.807, 2.05) is 26.8 Å². The average molecular weight is 220 g/mol. The normalized spacial score (nSPS) is 9.69. The third kappa shape index (κ3) is 2.39. The largest absolute Gasteiger partial charge is 0.326 e. The molecule has 4 heteroatoms. The fraction of sp³-hybridized carbons (Fsp3) is 0.333. The van der Waals surface area contributed by atoms with Gasteiger partial charge in [-0.15, -0.1) is 0 Å². The molecule has 86 valence electrons. The van der Waals surface area contributed by atoms with Gasteiger partial charge in [-0.05, 0) is 24.1 Å². The van der Waals surface area contributed by atoms with Crippen molar-refractivity contribution in [3.8, 4) is 0 Å². The highest BCUT2D eigenvalue weighted by Crippen LogP contribution is 2.08. The smallest absolute Gasteiger partial charge is 0.307 e. The van der Waals surface area contributed by atoms with Gasteiger partial charge in [0.15, 0.2) is 0 Å². The van der Waals surface area contributed by atoms with Gasteiger partial charge in [0.25, 0.3) is 5.56 Å². The Hall–Kier alpha value is -1.84. The molecule has 0 radical (unpaired) electrons. The van der Waals surface area contributed by atoms with Crippen molar-refractivity contribution in [2.45, 2.75) is 27.2 Å². The number of rotatable bonds is 1. The van der Waals surface area contributed by atoms with E-state index < -0.39 is 5.69 Å². The SMILES string of the molecule is CC.CCc1ccc2[nH]c(=O)[nH]c(=O)c2c1. The molecule has 0 aliphatic rings. The lowest BCUT2D eigenvalue weighted by molar-refractivity contribution is 1.07. The molecule has 0 atom stereocenters. The summed E-state index contributed by atoms with van der Waals surface area (Å²) in [6, 6.07) is 5.45. The molecule has 0 fully saturated rings. The first-order valence-electron chi connectivity index (χ1n) is 5.46. The topological polar surface area (TPSA) is 65.7 Å². The lowest BCUT2D eigenvalue weighted by Gasteiger charge is -1.99. The Kier molecular flexibility index (Phi) is 4.05. The van der Waals surface area contributed by atoms with Gasteiger partial charge in [0.05, 0.1) is 10.9 Å². The van der Waals surface area contributed by atoms with Crippen LogP contribution in [0.3, 0.4) is 0 Å². The van der Waals surface area contributed by atoms with Gasteiger partial charge in [0.1, 0.15) is 0 Å². The summed E-state index contributed by atoms with van der Waals surface area (Å²) >= 11 is 0. The quantitative estimate of drug-likeness (QED) is 0.769. The molecule has 0 amide bonds. The first-order valence-corrected chi connectivity index (χ1v) is 5.46. The maximum Gasteiger partial charge on any atom is 0.326 e. The van der Waals surface area contributed by atoms with Gasteiger partial charge in [-0.3, -0.25) is 9.78 Å². The number of fused-ring (bicyclic) bond motifs is 1. The van der Waals surface area contributed by atoms with Crippen molar-refractivity contribution in [3.05, 3.63) is 44.6 Å². The zero-order valence-corrected chi connectivity index (χ0v) is 9.76.